The van der Waals surface area contributed by atoms with E-state index in [4.69, 9.17) is 10.9 Å². The molecule has 14 heavy (non-hydrogen) atoms. The van der Waals surface area contributed by atoms with Gasteiger partial charge in [0, 0.05) is 22.6 Å². The minimum atomic E-state index is -0.375. The third kappa shape index (κ3) is 3.24. The topological polar surface area (TPSA) is 75.3 Å². The van der Waals surface area contributed by atoms with Gasteiger partial charge < -0.3 is 5.11 Å². The summed E-state index contributed by atoms with van der Waals surface area (Å²) in [7, 11) is 0. The number of carbonyl (C=O) groups excluding carboxylic acids is 1. The Morgan fingerprint density at radius 3 is 2.50 bits per heavy atom. The molecule has 76 valence electrons. The van der Waals surface area contributed by atoms with Crippen LogP contribution in [0.25, 0.3) is 0 Å². The van der Waals surface area contributed by atoms with Crippen molar-refractivity contribution in [3.05, 3.63) is 29.8 Å². The summed E-state index contributed by atoms with van der Waals surface area (Å²) in [4.78, 5) is 11.0. The second-order valence-electron chi connectivity index (χ2n) is 2.89. The highest BCUT2D eigenvalue weighted by Gasteiger charge is 2.13. The Hall–Kier alpha value is -0.660. The lowest BCUT2D eigenvalue weighted by atomic mass is 10.1. The van der Waals surface area contributed by atoms with Crippen LogP contribution in [0.15, 0.2) is 24.3 Å². The third-order valence-corrected chi connectivity index (χ3v) is 2.60. The van der Waals surface area contributed by atoms with Crippen LogP contribution in [-0.2, 0) is 11.2 Å². The zero-order valence-corrected chi connectivity index (χ0v) is 9.56. The molecule has 0 amide bonds. The molecule has 0 saturated heterocycles. The Kier molecular flexibility index (Phi) is 4.30. The largest absolute Gasteiger partial charge is 0.508 e. The second-order valence-corrected chi connectivity index (χ2v) is 3.96. The van der Waals surface area contributed by atoms with Gasteiger partial charge in [0.05, 0.1) is 6.04 Å². The number of hydrogen-bond donors (Lipinski definition) is 3. The SMILES string of the molecule is NN[C@@H](Cc1ccc(O)cc1)C(=O)I. The lowest BCUT2D eigenvalue weighted by Crippen LogP contribution is -2.40. The first-order valence-corrected chi connectivity index (χ1v) is 5.14. The Morgan fingerprint density at radius 1 is 1.50 bits per heavy atom. The maximum Gasteiger partial charge on any atom is 0.210 e. The number of phenols is 1. The second kappa shape index (κ2) is 5.28. The monoisotopic (exact) mass is 306 g/mol. The Balaban J connectivity index is 2.67. The number of phenolic OH excluding ortho intramolecular Hbond substituents is 1. The summed E-state index contributed by atoms with van der Waals surface area (Å²) >= 11 is 1.71. The minimum Gasteiger partial charge on any atom is -0.508 e. The van der Waals surface area contributed by atoms with E-state index in [0.717, 1.165) is 5.56 Å². The van der Waals surface area contributed by atoms with Gasteiger partial charge in [-0.2, -0.15) is 0 Å². The number of nitrogens with two attached hydrogens (primary N) is 1. The van der Waals surface area contributed by atoms with Crippen LogP contribution >= 0.6 is 22.6 Å². The van der Waals surface area contributed by atoms with Crippen molar-refractivity contribution in [3.8, 4) is 5.75 Å². The molecule has 0 aliphatic rings. The molecule has 0 unspecified atom stereocenters. The third-order valence-electron chi connectivity index (χ3n) is 1.85. The molecule has 0 saturated carbocycles. The smallest absolute Gasteiger partial charge is 0.210 e. The average molecular weight is 306 g/mol. The van der Waals surface area contributed by atoms with E-state index in [1.165, 1.54) is 0 Å². The van der Waals surface area contributed by atoms with E-state index in [9.17, 15) is 4.79 Å². The van der Waals surface area contributed by atoms with Crippen molar-refractivity contribution in [2.45, 2.75) is 12.5 Å². The highest BCUT2D eigenvalue weighted by molar-refractivity contribution is 14.1. The molecular formula is C9H11IN2O2. The fourth-order valence-electron chi connectivity index (χ4n) is 1.07. The van der Waals surface area contributed by atoms with Gasteiger partial charge in [0.1, 0.15) is 5.75 Å². The van der Waals surface area contributed by atoms with Crippen LogP contribution in [-0.4, -0.2) is 14.9 Å². The van der Waals surface area contributed by atoms with Gasteiger partial charge in [0.2, 0.25) is 3.79 Å². The van der Waals surface area contributed by atoms with E-state index in [-0.39, 0.29) is 15.6 Å². The van der Waals surface area contributed by atoms with Gasteiger partial charge in [-0.15, -0.1) is 0 Å². The number of carbonyl (C=O) groups is 1. The average Bonchev–Trinajstić information content (AvgIpc) is 2.16. The van der Waals surface area contributed by atoms with Crippen molar-refractivity contribution in [2.24, 2.45) is 5.84 Å². The molecule has 0 fully saturated rings. The van der Waals surface area contributed by atoms with E-state index in [2.05, 4.69) is 5.43 Å². The van der Waals surface area contributed by atoms with E-state index in [1.54, 1.807) is 46.9 Å². The number of nitrogens with one attached hydrogen (secondary N) is 1. The summed E-state index contributed by atoms with van der Waals surface area (Å²) < 4.78 is -0.0295. The van der Waals surface area contributed by atoms with Gasteiger partial charge in [-0.3, -0.25) is 10.6 Å². The highest BCUT2D eigenvalue weighted by atomic mass is 127. The van der Waals surface area contributed by atoms with Crippen molar-refractivity contribution in [2.75, 3.05) is 0 Å². The van der Waals surface area contributed by atoms with Gasteiger partial charge in [0.25, 0.3) is 0 Å². The standard InChI is InChI=1S/C9H11IN2O2/c10-9(14)8(12-11)5-6-1-3-7(13)4-2-6/h1-4,8,12-13H,5,11H2/t8-/m0/s1. The van der Waals surface area contributed by atoms with Gasteiger partial charge in [-0.1, -0.05) is 12.1 Å². The van der Waals surface area contributed by atoms with Crippen molar-refractivity contribution < 1.29 is 9.90 Å². The Bertz CT molecular complexity index is 313. The predicted octanol–water partition coefficient (Wildman–Crippen LogP) is 0.728. The van der Waals surface area contributed by atoms with Crippen molar-refractivity contribution in [3.63, 3.8) is 0 Å². The lowest BCUT2D eigenvalue weighted by Gasteiger charge is -2.10. The molecule has 0 aromatic heterocycles. The van der Waals surface area contributed by atoms with Crippen LogP contribution in [0.5, 0.6) is 5.75 Å². The molecule has 0 bridgehead atoms. The van der Waals surface area contributed by atoms with Crippen LogP contribution in [0, 0.1) is 0 Å². The molecule has 1 atom stereocenters. The molecule has 1 aromatic carbocycles. The van der Waals surface area contributed by atoms with Crippen LogP contribution in [0.4, 0.5) is 0 Å². The number of aromatic hydroxyl groups is 1. The van der Waals surface area contributed by atoms with E-state index in [0.29, 0.717) is 6.42 Å². The Labute approximate surface area is 95.6 Å². The molecule has 0 spiro atoms. The van der Waals surface area contributed by atoms with Gasteiger partial charge >= 0.3 is 0 Å². The lowest BCUT2D eigenvalue weighted by molar-refractivity contribution is -0.111. The number of hydrogen-bond acceptors (Lipinski definition) is 4. The summed E-state index contributed by atoms with van der Waals surface area (Å²) in [6.07, 6.45) is 0.526. The normalized spacial score (nSPS) is 12.4. The molecule has 0 aliphatic carbocycles. The molecule has 0 heterocycles. The first-order valence-electron chi connectivity index (χ1n) is 4.07. The summed E-state index contributed by atoms with van der Waals surface area (Å²) in [6, 6.07) is 6.32. The Morgan fingerprint density at radius 2 is 2.07 bits per heavy atom. The summed E-state index contributed by atoms with van der Waals surface area (Å²) in [5, 5.41) is 9.05. The van der Waals surface area contributed by atoms with Crippen LogP contribution in [0.3, 0.4) is 0 Å². The van der Waals surface area contributed by atoms with Crippen LogP contribution in [0.1, 0.15) is 5.56 Å². The van der Waals surface area contributed by atoms with Crippen LogP contribution < -0.4 is 11.3 Å². The molecule has 0 aliphatic heterocycles. The van der Waals surface area contributed by atoms with Crippen LogP contribution in [0.2, 0.25) is 0 Å². The number of rotatable bonds is 4. The molecule has 4 N–H and O–H groups in total. The number of halogens is 1. The quantitative estimate of drug-likeness (QED) is 0.332. The molecule has 1 rings (SSSR count). The molecule has 0 radical (unpaired) electrons. The van der Waals surface area contributed by atoms with Gasteiger partial charge in [0.15, 0.2) is 0 Å². The van der Waals surface area contributed by atoms with Gasteiger partial charge in [-0.05, 0) is 24.1 Å². The first kappa shape index (κ1) is 11.4. The molecule has 1 aromatic rings. The summed E-state index contributed by atoms with van der Waals surface area (Å²) in [5.41, 5.74) is 3.40. The number of hydrazine groups is 1. The number of benzene rings is 1. The van der Waals surface area contributed by atoms with Crippen molar-refractivity contribution >= 4 is 26.4 Å². The van der Waals surface area contributed by atoms with Crippen molar-refractivity contribution in [1.29, 1.82) is 0 Å². The minimum absolute atomic E-state index is 0.0295. The van der Waals surface area contributed by atoms with E-state index >= 15 is 0 Å². The zero-order chi connectivity index (χ0) is 10.6. The predicted molar refractivity (Wildman–Crippen MR) is 61.9 cm³/mol. The first-order chi connectivity index (χ1) is 6.63. The fourth-order valence-corrected chi connectivity index (χ4v) is 1.47. The maximum atomic E-state index is 11.0. The molecular weight excluding hydrogens is 295 g/mol. The van der Waals surface area contributed by atoms with Crippen molar-refractivity contribution in [1.82, 2.24) is 5.43 Å². The molecule has 5 heteroatoms. The maximum absolute atomic E-state index is 11.0. The van der Waals surface area contributed by atoms with E-state index < -0.39 is 0 Å². The fraction of sp³-hybridized carbons (Fsp3) is 0.222. The zero-order valence-electron chi connectivity index (χ0n) is 7.40. The van der Waals surface area contributed by atoms with E-state index in [1.807, 2.05) is 0 Å². The molecule has 4 nitrogen and oxygen atoms in total. The van der Waals surface area contributed by atoms with Gasteiger partial charge in [-0.25, -0.2) is 5.43 Å². The highest BCUT2D eigenvalue weighted by Crippen LogP contribution is 2.12. The summed E-state index contributed by atoms with van der Waals surface area (Å²) in [5.74, 6) is 5.44. The summed E-state index contributed by atoms with van der Waals surface area (Å²) in [6.45, 7) is 0.